The Morgan fingerprint density at radius 3 is 1.11 bits per heavy atom. The molecule has 0 fully saturated rings. The van der Waals surface area contributed by atoms with E-state index in [1.54, 1.807) is 0 Å². The fraction of sp³-hybridized carbons (Fsp3) is 0. The summed E-state index contributed by atoms with van der Waals surface area (Å²) in [6.07, 6.45) is 0. The van der Waals surface area contributed by atoms with Crippen molar-refractivity contribution in [1.29, 1.82) is 0 Å². The third-order valence-electron chi connectivity index (χ3n) is 9.92. The second kappa shape index (κ2) is 14.8. The van der Waals surface area contributed by atoms with Gasteiger partial charge in [-0.25, -0.2) is 9.97 Å². The summed E-state index contributed by atoms with van der Waals surface area (Å²) in [6.45, 7) is 0. The fourth-order valence-corrected chi connectivity index (χ4v) is 7.21. The molecular formula is C52H36N2. The van der Waals surface area contributed by atoms with Crippen molar-refractivity contribution in [2.75, 3.05) is 0 Å². The molecule has 0 saturated heterocycles. The highest BCUT2D eigenvalue weighted by Crippen LogP contribution is 2.41. The Hall–Kier alpha value is -7.16. The summed E-state index contributed by atoms with van der Waals surface area (Å²) in [5.41, 5.74) is 16.7. The standard InChI is InChI=1S/C52H36N2/c1-5-17-37(18-6-1)46-29-13-14-30-47(46)48-32-31-44(35-49(48)38-19-7-2-8-20-38)42-26-15-25-41(33-42)43-27-16-28-45(34-43)52-53-50(39-21-9-3-10-22-39)36-51(54-52)40-23-11-4-12-24-40/h1-36H. The van der Waals surface area contributed by atoms with Gasteiger partial charge in [-0.2, -0.15) is 0 Å². The van der Waals surface area contributed by atoms with E-state index in [0.717, 1.165) is 44.8 Å². The molecular weight excluding hydrogens is 653 g/mol. The van der Waals surface area contributed by atoms with Crippen LogP contribution in [0.15, 0.2) is 218 Å². The second-order valence-electron chi connectivity index (χ2n) is 13.4. The van der Waals surface area contributed by atoms with Gasteiger partial charge in [-0.05, 0) is 79.9 Å². The first kappa shape index (κ1) is 32.7. The van der Waals surface area contributed by atoms with Crippen LogP contribution in [-0.2, 0) is 0 Å². The van der Waals surface area contributed by atoms with Crippen molar-refractivity contribution in [1.82, 2.24) is 9.97 Å². The van der Waals surface area contributed by atoms with Crippen LogP contribution in [0.2, 0.25) is 0 Å². The lowest BCUT2D eigenvalue weighted by atomic mass is 9.87. The molecule has 0 radical (unpaired) electrons. The predicted octanol–water partition coefficient (Wildman–Crippen LogP) is 13.8. The van der Waals surface area contributed by atoms with Gasteiger partial charge < -0.3 is 0 Å². The van der Waals surface area contributed by atoms with Crippen LogP contribution < -0.4 is 0 Å². The highest BCUT2D eigenvalue weighted by molar-refractivity contribution is 5.93. The molecule has 54 heavy (non-hydrogen) atoms. The van der Waals surface area contributed by atoms with Gasteiger partial charge in [0, 0.05) is 16.7 Å². The largest absolute Gasteiger partial charge is 0.228 e. The first-order valence-electron chi connectivity index (χ1n) is 18.3. The summed E-state index contributed by atoms with van der Waals surface area (Å²) in [7, 11) is 0. The van der Waals surface area contributed by atoms with E-state index in [1.165, 1.54) is 38.9 Å². The van der Waals surface area contributed by atoms with Crippen LogP contribution in [0, 0.1) is 0 Å². The molecule has 0 saturated carbocycles. The van der Waals surface area contributed by atoms with Crippen LogP contribution in [-0.4, -0.2) is 9.97 Å². The maximum absolute atomic E-state index is 5.09. The Kier molecular flexibility index (Phi) is 8.99. The topological polar surface area (TPSA) is 25.8 Å². The van der Waals surface area contributed by atoms with Crippen molar-refractivity contribution >= 4 is 0 Å². The summed E-state index contributed by atoms with van der Waals surface area (Å²) in [4.78, 5) is 10.2. The zero-order valence-corrected chi connectivity index (χ0v) is 29.7. The molecule has 0 unspecified atom stereocenters. The second-order valence-corrected chi connectivity index (χ2v) is 13.4. The third kappa shape index (κ3) is 6.77. The molecule has 0 spiro atoms. The number of aromatic nitrogens is 2. The average Bonchev–Trinajstić information content (AvgIpc) is 3.27. The minimum atomic E-state index is 0.701. The average molecular weight is 689 g/mol. The molecule has 0 bridgehead atoms. The molecule has 1 heterocycles. The highest BCUT2D eigenvalue weighted by Gasteiger charge is 2.15. The Morgan fingerprint density at radius 1 is 0.204 bits per heavy atom. The SMILES string of the molecule is c1ccc(-c2cc(-c3ccccc3)nc(-c3cccc(-c4cccc(-c5ccc(-c6ccccc6-c6ccccc6)c(-c6ccccc6)c5)c4)c3)n2)cc1. The maximum atomic E-state index is 5.09. The van der Waals surface area contributed by atoms with Gasteiger partial charge in [-0.15, -0.1) is 0 Å². The van der Waals surface area contributed by atoms with Crippen LogP contribution in [0.1, 0.15) is 0 Å². The summed E-state index contributed by atoms with van der Waals surface area (Å²) >= 11 is 0. The van der Waals surface area contributed by atoms with Crippen molar-refractivity contribution in [2.24, 2.45) is 0 Å². The Morgan fingerprint density at radius 2 is 0.574 bits per heavy atom. The van der Waals surface area contributed by atoms with E-state index in [0.29, 0.717) is 5.82 Å². The molecule has 2 nitrogen and oxygen atoms in total. The van der Waals surface area contributed by atoms with Crippen molar-refractivity contribution < 1.29 is 0 Å². The Balaban J connectivity index is 1.11. The van der Waals surface area contributed by atoms with Gasteiger partial charge in [0.25, 0.3) is 0 Å². The van der Waals surface area contributed by atoms with Crippen molar-refractivity contribution in [2.45, 2.75) is 0 Å². The van der Waals surface area contributed by atoms with Gasteiger partial charge in [0.1, 0.15) is 0 Å². The molecule has 0 aliphatic rings. The van der Waals surface area contributed by atoms with Crippen LogP contribution in [0.25, 0.3) is 89.5 Å². The van der Waals surface area contributed by atoms with Crippen molar-refractivity contribution in [3.05, 3.63) is 218 Å². The van der Waals surface area contributed by atoms with E-state index < -0.39 is 0 Å². The van der Waals surface area contributed by atoms with Gasteiger partial charge in [-0.1, -0.05) is 194 Å². The molecule has 0 aliphatic carbocycles. The minimum absolute atomic E-state index is 0.701. The zero-order chi connectivity index (χ0) is 36.1. The van der Waals surface area contributed by atoms with Gasteiger partial charge in [0.2, 0.25) is 0 Å². The van der Waals surface area contributed by atoms with Crippen LogP contribution in [0.3, 0.4) is 0 Å². The lowest BCUT2D eigenvalue weighted by Gasteiger charge is -2.17. The maximum Gasteiger partial charge on any atom is 0.160 e. The van der Waals surface area contributed by atoms with E-state index in [4.69, 9.17) is 9.97 Å². The number of hydrogen-bond acceptors (Lipinski definition) is 2. The molecule has 9 aromatic rings. The first-order valence-corrected chi connectivity index (χ1v) is 18.3. The molecule has 8 aromatic carbocycles. The summed E-state index contributed by atoms with van der Waals surface area (Å²) in [6, 6.07) is 77.1. The van der Waals surface area contributed by atoms with E-state index in [1.807, 2.05) is 36.4 Å². The predicted molar refractivity (Wildman–Crippen MR) is 226 cm³/mol. The number of hydrogen-bond donors (Lipinski definition) is 0. The molecule has 9 rings (SSSR count). The molecule has 0 N–H and O–H groups in total. The van der Waals surface area contributed by atoms with Gasteiger partial charge in [0.15, 0.2) is 5.82 Å². The van der Waals surface area contributed by atoms with Crippen molar-refractivity contribution in [3.8, 4) is 89.5 Å². The monoisotopic (exact) mass is 688 g/mol. The molecule has 0 atom stereocenters. The molecule has 0 amide bonds. The Labute approximate surface area is 316 Å². The highest BCUT2D eigenvalue weighted by atomic mass is 14.9. The number of rotatable bonds is 8. The van der Waals surface area contributed by atoms with Crippen molar-refractivity contribution in [3.63, 3.8) is 0 Å². The fourth-order valence-electron chi connectivity index (χ4n) is 7.21. The van der Waals surface area contributed by atoms with E-state index >= 15 is 0 Å². The molecule has 254 valence electrons. The van der Waals surface area contributed by atoms with E-state index in [2.05, 4.69) is 182 Å². The number of benzene rings is 8. The van der Waals surface area contributed by atoms with Gasteiger partial charge >= 0.3 is 0 Å². The molecule has 1 aromatic heterocycles. The normalized spacial score (nSPS) is 11.0. The van der Waals surface area contributed by atoms with E-state index in [-0.39, 0.29) is 0 Å². The van der Waals surface area contributed by atoms with Gasteiger partial charge in [0.05, 0.1) is 11.4 Å². The summed E-state index contributed by atoms with van der Waals surface area (Å²) < 4.78 is 0. The smallest absolute Gasteiger partial charge is 0.160 e. The van der Waals surface area contributed by atoms with E-state index in [9.17, 15) is 0 Å². The van der Waals surface area contributed by atoms with Crippen LogP contribution in [0.4, 0.5) is 0 Å². The lowest BCUT2D eigenvalue weighted by Crippen LogP contribution is -1.96. The summed E-state index contributed by atoms with van der Waals surface area (Å²) in [5.74, 6) is 0.701. The molecule has 0 aliphatic heterocycles. The Bertz CT molecular complexity index is 2630. The summed E-state index contributed by atoms with van der Waals surface area (Å²) in [5, 5.41) is 0. The number of nitrogens with zero attached hydrogens (tertiary/aromatic N) is 2. The van der Waals surface area contributed by atoms with Crippen LogP contribution >= 0.6 is 0 Å². The zero-order valence-electron chi connectivity index (χ0n) is 29.7. The minimum Gasteiger partial charge on any atom is -0.228 e. The quantitative estimate of drug-likeness (QED) is 0.159. The van der Waals surface area contributed by atoms with Gasteiger partial charge in [-0.3, -0.25) is 0 Å². The molecule has 2 heteroatoms. The van der Waals surface area contributed by atoms with Crippen LogP contribution in [0.5, 0.6) is 0 Å². The lowest BCUT2D eigenvalue weighted by molar-refractivity contribution is 1.18. The third-order valence-corrected chi connectivity index (χ3v) is 9.92. The first-order chi connectivity index (χ1) is 26.8.